The highest BCUT2D eigenvalue weighted by molar-refractivity contribution is 6.11. The molecule has 1 aliphatic heterocycles. The second-order valence-electron chi connectivity index (χ2n) is 13.0. The number of para-hydroxylation sites is 3. The number of aromatic nitrogens is 1. The van der Waals surface area contributed by atoms with Crippen molar-refractivity contribution in [1.82, 2.24) is 4.57 Å². The van der Waals surface area contributed by atoms with Gasteiger partial charge in [-0.2, -0.15) is 10.5 Å². The van der Waals surface area contributed by atoms with E-state index in [1.165, 1.54) is 5.56 Å². The fraction of sp³-hybridized carbons (Fsp3) is 0.0667. The molecule has 49 heavy (non-hydrogen) atoms. The molecule has 0 N–H and O–H groups in total. The normalized spacial score (nSPS) is 17.5. The number of allylic oxidation sites excluding steroid dienone is 2. The summed E-state index contributed by atoms with van der Waals surface area (Å²) >= 11 is 0. The SMILES string of the molecule is CC12C=CC=CC1N(c1c(C#N)cccc1-c1ccc(-c3cccc(-n4c5ccccc5c5c(C#N)cccc54)c3)cc1)c1ccccc12. The van der Waals surface area contributed by atoms with Crippen LogP contribution in [-0.4, -0.2) is 10.6 Å². The van der Waals surface area contributed by atoms with E-state index in [0.717, 1.165) is 61.1 Å². The van der Waals surface area contributed by atoms with Crippen LogP contribution < -0.4 is 4.90 Å². The molecule has 2 unspecified atom stereocenters. The molecule has 6 aromatic carbocycles. The van der Waals surface area contributed by atoms with E-state index < -0.39 is 0 Å². The number of nitrogens with zero attached hydrogens (tertiary/aromatic N) is 4. The third-order valence-electron chi connectivity index (χ3n) is 10.3. The highest BCUT2D eigenvalue weighted by atomic mass is 15.2. The molecule has 0 amide bonds. The summed E-state index contributed by atoms with van der Waals surface area (Å²) in [6.45, 7) is 2.29. The molecule has 1 aromatic heterocycles. The van der Waals surface area contributed by atoms with Crippen molar-refractivity contribution in [2.45, 2.75) is 18.4 Å². The Balaban J connectivity index is 1.14. The molecule has 0 saturated heterocycles. The predicted molar refractivity (Wildman–Crippen MR) is 199 cm³/mol. The number of hydrogen-bond acceptors (Lipinski definition) is 3. The lowest BCUT2D eigenvalue weighted by Crippen LogP contribution is -2.39. The molecule has 2 atom stereocenters. The van der Waals surface area contributed by atoms with Crippen molar-refractivity contribution >= 4 is 33.2 Å². The fourth-order valence-corrected chi connectivity index (χ4v) is 8.06. The highest BCUT2D eigenvalue weighted by Gasteiger charge is 2.47. The zero-order valence-corrected chi connectivity index (χ0v) is 26.9. The summed E-state index contributed by atoms with van der Waals surface area (Å²) < 4.78 is 2.25. The van der Waals surface area contributed by atoms with Gasteiger partial charge >= 0.3 is 0 Å². The molecule has 4 heteroatoms. The van der Waals surface area contributed by atoms with E-state index in [1.54, 1.807) is 0 Å². The van der Waals surface area contributed by atoms with E-state index in [9.17, 15) is 10.5 Å². The molecule has 4 nitrogen and oxygen atoms in total. The van der Waals surface area contributed by atoms with Gasteiger partial charge in [-0.15, -0.1) is 0 Å². The van der Waals surface area contributed by atoms with Crippen LogP contribution in [0.3, 0.4) is 0 Å². The maximum atomic E-state index is 10.4. The summed E-state index contributed by atoms with van der Waals surface area (Å²) in [6, 6.07) is 51.0. The lowest BCUT2D eigenvalue weighted by molar-refractivity contribution is 0.551. The summed E-state index contributed by atoms with van der Waals surface area (Å²) in [7, 11) is 0. The lowest BCUT2D eigenvalue weighted by Gasteiger charge is -2.36. The third kappa shape index (κ3) is 4.22. The number of fused-ring (bicyclic) bond motifs is 6. The fourth-order valence-electron chi connectivity index (χ4n) is 8.06. The second-order valence-corrected chi connectivity index (χ2v) is 13.0. The molecular weight excluding hydrogens is 597 g/mol. The number of anilines is 2. The topological polar surface area (TPSA) is 55.8 Å². The van der Waals surface area contributed by atoms with Crippen LogP contribution in [0, 0.1) is 22.7 Å². The minimum atomic E-state index is -0.202. The van der Waals surface area contributed by atoms with Crippen molar-refractivity contribution in [2.24, 2.45) is 0 Å². The molecule has 1 aliphatic carbocycles. The van der Waals surface area contributed by atoms with E-state index in [1.807, 2.05) is 36.4 Å². The Kier molecular flexibility index (Phi) is 6.41. The van der Waals surface area contributed by atoms with Gasteiger partial charge in [0.25, 0.3) is 0 Å². The van der Waals surface area contributed by atoms with E-state index in [4.69, 9.17) is 0 Å². The predicted octanol–water partition coefficient (Wildman–Crippen LogP) is 10.8. The van der Waals surface area contributed by atoms with Gasteiger partial charge in [-0.1, -0.05) is 115 Å². The molecule has 0 spiro atoms. The standard InChI is InChI=1S/C45H30N4/c1-45-26-7-6-21-42(45)49(40-19-5-3-17-38(40)45)44-34(29-47)13-9-16-36(44)31-24-22-30(23-25-31)32-11-8-14-35(27-32)48-39-18-4-2-15-37(39)43-33(28-46)12-10-20-41(43)48/h2-27,42H,1H3. The Bertz CT molecular complexity index is 2610. The molecule has 0 radical (unpaired) electrons. The number of benzene rings is 6. The van der Waals surface area contributed by atoms with Crippen LogP contribution in [0.25, 0.3) is 49.7 Å². The molecule has 0 saturated carbocycles. The monoisotopic (exact) mass is 626 g/mol. The largest absolute Gasteiger partial charge is 0.331 e. The zero-order valence-electron chi connectivity index (χ0n) is 26.9. The van der Waals surface area contributed by atoms with E-state index in [-0.39, 0.29) is 11.5 Å². The van der Waals surface area contributed by atoms with E-state index in [2.05, 4.69) is 150 Å². The van der Waals surface area contributed by atoms with Gasteiger partial charge in [-0.3, -0.25) is 0 Å². The Hall–Kier alpha value is -6.62. The van der Waals surface area contributed by atoms with Gasteiger partial charge in [0, 0.05) is 33.1 Å². The van der Waals surface area contributed by atoms with E-state index >= 15 is 0 Å². The van der Waals surface area contributed by atoms with Crippen molar-refractivity contribution < 1.29 is 0 Å². The van der Waals surface area contributed by atoms with Crippen LogP contribution in [0.5, 0.6) is 0 Å². The van der Waals surface area contributed by atoms with Crippen molar-refractivity contribution in [3.63, 3.8) is 0 Å². The maximum absolute atomic E-state index is 10.4. The minimum Gasteiger partial charge on any atom is -0.331 e. The Morgan fingerprint density at radius 3 is 2.20 bits per heavy atom. The minimum absolute atomic E-state index is 0.0512. The summed E-state index contributed by atoms with van der Waals surface area (Å²) in [4.78, 5) is 2.37. The van der Waals surface area contributed by atoms with Crippen LogP contribution in [-0.2, 0) is 5.41 Å². The van der Waals surface area contributed by atoms with Crippen molar-refractivity contribution in [1.29, 1.82) is 10.5 Å². The summed E-state index contributed by atoms with van der Waals surface area (Å²) in [5.41, 5.74) is 11.9. The van der Waals surface area contributed by atoms with Crippen LogP contribution in [0.15, 0.2) is 158 Å². The Morgan fingerprint density at radius 2 is 1.35 bits per heavy atom. The van der Waals surface area contributed by atoms with Gasteiger partial charge < -0.3 is 9.47 Å². The Labute approximate surface area is 285 Å². The lowest BCUT2D eigenvalue weighted by atomic mass is 9.76. The van der Waals surface area contributed by atoms with Gasteiger partial charge in [0.2, 0.25) is 0 Å². The molecule has 0 bridgehead atoms. The summed E-state index contributed by atoms with van der Waals surface area (Å²) in [6.07, 6.45) is 8.79. The first-order chi connectivity index (χ1) is 24.1. The van der Waals surface area contributed by atoms with Gasteiger partial charge in [0.05, 0.1) is 40.0 Å². The average molecular weight is 627 g/mol. The van der Waals surface area contributed by atoms with Crippen molar-refractivity contribution in [2.75, 3.05) is 4.90 Å². The first kappa shape index (κ1) is 28.6. The zero-order chi connectivity index (χ0) is 33.1. The quantitative estimate of drug-likeness (QED) is 0.195. The molecular formula is C45H30N4. The van der Waals surface area contributed by atoms with Crippen LogP contribution in [0.1, 0.15) is 23.6 Å². The number of nitriles is 2. The van der Waals surface area contributed by atoms with Crippen molar-refractivity contribution in [3.05, 3.63) is 174 Å². The summed E-state index contributed by atoms with van der Waals surface area (Å²) in [5.74, 6) is 0. The van der Waals surface area contributed by atoms with Crippen LogP contribution in [0.4, 0.5) is 11.4 Å². The first-order valence-corrected chi connectivity index (χ1v) is 16.5. The molecule has 230 valence electrons. The van der Waals surface area contributed by atoms with E-state index in [0.29, 0.717) is 11.1 Å². The van der Waals surface area contributed by atoms with Gasteiger partial charge in [0.15, 0.2) is 0 Å². The smallest absolute Gasteiger partial charge is 0.101 e. The molecule has 2 aliphatic rings. The molecule has 9 rings (SSSR count). The van der Waals surface area contributed by atoms with Gasteiger partial charge in [0.1, 0.15) is 6.07 Å². The highest BCUT2D eigenvalue weighted by Crippen LogP contribution is 2.53. The average Bonchev–Trinajstić information content (AvgIpc) is 3.64. The molecule has 2 heterocycles. The number of hydrogen-bond donors (Lipinski definition) is 0. The molecule has 7 aromatic rings. The summed E-state index contributed by atoms with van der Waals surface area (Å²) in [5, 5.41) is 22.3. The number of rotatable bonds is 4. The first-order valence-electron chi connectivity index (χ1n) is 16.5. The van der Waals surface area contributed by atoms with Gasteiger partial charge in [-0.05, 0) is 71.6 Å². The third-order valence-corrected chi connectivity index (χ3v) is 10.3. The van der Waals surface area contributed by atoms with Crippen LogP contribution >= 0.6 is 0 Å². The Morgan fingerprint density at radius 1 is 0.633 bits per heavy atom. The molecule has 0 fully saturated rings. The maximum Gasteiger partial charge on any atom is 0.101 e. The second kappa shape index (κ2) is 11.0. The van der Waals surface area contributed by atoms with Crippen molar-refractivity contribution in [3.8, 4) is 40.1 Å². The van der Waals surface area contributed by atoms with Crippen LogP contribution in [0.2, 0.25) is 0 Å². The van der Waals surface area contributed by atoms with Gasteiger partial charge in [-0.25, -0.2) is 0 Å².